The van der Waals surface area contributed by atoms with E-state index in [0.717, 1.165) is 31.5 Å². The van der Waals surface area contributed by atoms with Crippen molar-refractivity contribution in [2.75, 3.05) is 0 Å². The van der Waals surface area contributed by atoms with E-state index in [2.05, 4.69) is 23.8 Å². The Labute approximate surface area is 101 Å². The van der Waals surface area contributed by atoms with Gasteiger partial charge in [0.05, 0.1) is 5.92 Å². The highest BCUT2D eigenvalue weighted by Gasteiger charge is 2.28. The Bertz CT molecular complexity index is 390. The molecule has 2 rings (SSSR count). The molecule has 94 valence electrons. The van der Waals surface area contributed by atoms with Crippen molar-refractivity contribution < 1.29 is 9.90 Å². The molecule has 0 bridgehead atoms. The molecular weight excluding hydrogens is 216 g/mol. The molecule has 0 aromatic carbocycles. The Balaban J connectivity index is 1.98. The molecule has 1 aromatic rings. The molecule has 1 aliphatic carbocycles. The minimum Gasteiger partial charge on any atom is -0.481 e. The van der Waals surface area contributed by atoms with E-state index < -0.39 is 5.97 Å². The van der Waals surface area contributed by atoms with Gasteiger partial charge in [-0.3, -0.25) is 4.79 Å². The van der Waals surface area contributed by atoms with E-state index in [-0.39, 0.29) is 5.92 Å². The lowest BCUT2D eigenvalue weighted by atomic mass is 9.82. The smallest absolute Gasteiger partial charge is 0.306 e. The van der Waals surface area contributed by atoms with Crippen molar-refractivity contribution in [2.24, 2.45) is 5.92 Å². The molecule has 0 saturated heterocycles. The van der Waals surface area contributed by atoms with Gasteiger partial charge in [0.2, 0.25) is 0 Å². The van der Waals surface area contributed by atoms with E-state index in [1.165, 1.54) is 5.69 Å². The fraction of sp³-hybridized carbons (Fsp3) is 0.692. The number of H-pyrrole nitrogens is 1. The summed E-state index contributed by atoms with van der Waals surface area (Å²) in [5.41, 5.74) is 1.17. The number of carboxylic acid groups (broad SMARTS) is 1. The van der Waals surface area contributed by atoms with Crippen molar-refractivity contribution in [3.05, 3.63) is 17.7 Å². The summed E-state index contributed by atoms with van der Waals surface area (Å²) >= 11 is 0. The average molecular weight is 236 g/mol. The van der Waals surface area contributed by atoms with Gasteiger partial charge in [-0.25, -0.2) is 4.98 Å². The fourth-order valence-corrected chi connectivity index (χ4v) is 2.47. The zero-order chi connectivity index (χ0) is 12.4. The number of aliphatic carboxylic acids is 1. The molecule has 1 aromatic heterocycles. The number of nitrogens with zero attached hydrogens (tertiary/aromatic N) is 1. The molecule has 4 heteroatoms. The number of rotatable bonds is 3. The molecule has 0 aliphatic heterocycles. The standard InChI is InChI=1S/C13H20N2O2/c1-8(2)11-7-14-12(15-11)9-3-5-10(6-4-9)13(16)17/h7-10H,3-6H2,1-2H3,(H,14,15)(H,16,17). The summed E-state index contributed by atoms with van der Waals surface area (Å²) in [6.45, 7) is 4.28. The van der Waals surface area contributed by atoms with E-state index in [9.17, 15) is 4.79 Å². The number of aromatic nitrogens is 2. The van der Waals surface area contributed by atoms with Gasteiger partial charge >= 0.3 is 5.97 Å². The van der Waals surface area contributed by atoms with Crippen LogP contribution < -0.4 is 0 Å². The van der Waals surface area contributed by atoms with Gasteiger partial charge in [-0.15, -0.1) is 0 Å². The van der Waals surface area contributed by atoms with Crippen LogP contribution in [0.5, 0.6) is 0 Å². The maximum absolute atomic E-state index is 10.9. The quantitative estimate of drug-likeness (QED) is 0.848. The van der Waals surface area contributed by atoms with E-state index in [1.807, 2.05) is 6.20 Å². The minimum atomic E-state index is -0.647. The van der Waals surface area contributed by atoms with Crippen LogP contribution >= 0.6 is 0 Å². The summed E-state index contributed by atoms with van der Waals surface area (Å²) in [5, 5.41) is 8.95. The Morgan fingerprint density at radius 1 is 1.41 bits per heavy atom. The molecule has 1 heterocycles. The lowest BCUT2D eigenvalue weighted by molar-refractivity contribution is -0.142. The molecule has 17 heavy (non-hydrogen) atoms. The van der Waals surface area contributed by atoms with Crippen molar-refractivity contribution in [2.45, 2.75) is 51.4 Å². The molecule has 0 spiro atoms. The molecule has 1 fully saturated rings. The molecule has 1 aliphatic rings. The summed E-state index contributed by atoms with van der Waals surface area (Å²) in [4.78, 5) is 18.7. The van der Waals surface area contributed by atoms with Crippen LogP contribution in [0, 0.1) is 5.92 Å². The van der Waals surface area contributed by atoms with Crippen LogP contribution in [0.15, 0.2) is 6.20 Å². The van der Waals surface area contributed by atoms with Gasteiger partial charge in [0, 0.05) is 17.8 Å². The Hall–Kier alpha value is -1.32. The second-order valence-electron chi connectivity index (χ2n) is 5.27. The zero-order valence-electron chi connectivity index (χ0n) is 10.4. The highest BCUT2D eigenvalue weighted by atomic mass is 16.4. The number of nitrogens with one attached hydrogen (secondary N) is 1. The third kappa shape index (κ3) is 2.68. The molecule has 0 radical (unpaired) electrons. The number of hydrogen-bond donors (Lipinski definition) is 2. The van der Waals surface area contributed by atoms with Gasteiger partial charge in [0.25, 0.3) is 0 Å². The fourth-order valence-electron chi connectivity index (χ4n) is 2.47. The highest BCUT2D eigenvalue weighted by molar-refractivity contribution is 5.70. The Morgan fingerprint density at radius 2 is 2.06 bits per heavy atom. The third-order valence-corrected chi connectivity index (χ3v) is 3.70. The van der Waals surface area contributed by atoms with Crippen molar-refractivity contribution in [3.8, 4) is 0 Å². The summed E-state index contributed by atoms with van der Waals surface area (Å²) in [7, 11) is 0. The van der Waals surface area contributed by atoms with Gasteiger partial charge in [-0.2, -0.15) is 0 Å². The van der Waals surface area contributed by atoms with Crippen LogP contribution in [0.25, 0.3) is 0 Å². The third-order valence-electron chi connectivity index (χ3n) is 3.70. The molecular formula is C13H20N2O2. The Kier molecular flexibility index (Phi) is 3.50. The second-order valence-corrected chi connectivity index (χ2v) is 5.27. The van der Waals surface area contributed by atoms with E-state index in [4.69, 9.17) is 5.11 Å². The molecule has 1 saturated carbocycles. The van der Waals surface area contributed by atoms with Crippen molar-refractivity contribution >= 4 is 5.97 Å². The summed E-state index contributed by atoms with van der Waals surface area (Å²) in [6, 6.07) is 0. The molecule has 0 unspecified atom stereocenters. The van der Waals surface area contributed by atoms with Crippen LogP contribution in [0.3, 0.4) is 0 Å². The van der Waals surface area contributed by atoms with Crippen LogP contribution in [-0.4, -0.2) is 21.0 Å². The average Bonchev–Trinajstić information content (AvgIpc) is 2.78. The predicted octanol–water partition coefficient (Wildman–Crippen LogP) is 2.89. The monoisotopic (exact) mass is 236 g/mol. The first-order valence-electron chi connectivity index (χ1n) is 6.35. The first-order valence-corrected chi connectivity index (χ1v) is 6.35. The van der Waals surface area contributed by atoms with Crippen LogP contribution in [-0.2, 0) is 4.79 Å². The first kappa shape index (κ1) is 12.1. The van der Waals surface area contributed by atoms with Gasteiger partial charge < -0.3 is 10.1 Å². The maximum atomic E-state index is 10.9. The minimum absolute atomic E-state index is 0.147. The summed E-state index contributed by atoms with van der Waals surface area (Å²) in [6.07, 6.45) is 5.32. The largest absolute Gasteiger partial charge is 0.481 e. The van der Waals surface area contributed by atoms with Crippen LogP contribution in [0.1, 0.15) is 62.9 Å². The van der Waals surface area contributed by atoms with Gasteiger partial charge in [-0.1, -0.05) is 13.8 Å². The highest BCUT2D eigenvalue weighted by Crippen LogP contribution is 2.34. The topological polar surface area (TPSA) is 66.0 Å². The molecule has 0 amide bonds. The number of imidazole rings is 1. The molecule has 4 nitrogen and oxygen atoms in total. The first-order chi connectivity index (χ1) is 8.08. The number of aromatic amines is 1. The van der Waals surface area contributed by atoms with Crippen molar-refractivity contribution in [1.82, 2.24) is 9.97 Å². The van der Waals surface area contributed by atoms with Crippen LogP contribution in [0.4, 0.5) is 0 Å². The van der Waals surface area contributed by atoms with Gasteiger partial charge in [-0.05, 0) is 31.6 Å². The number of hydrogen-bond acceptors (Lipinski definition) is 2. The number of carboxylic acids is 1. The summed E-state index contributed by atoms with van der Waals surface area (Å²) in [5.74, 6) is 1.12. The van der Waals surface area contributed by atoms with Crippen molar-refractivity contribution in [1.29, 1.82) is 0 Å². The maximum Gasteiger partial charge on any atom is 0.306 e. The Morgan fingerprint density at radius 3 is 2.53 bits per heavy atom. The van der Waals surface area contributed by atoms with E-state index >= 15 is 0 Å². The zero-order valence-corrected chi connectivity index (χ0v) is 10.4. The second kappa shape index (κ2) is 4.90. The number of carbonyl (C=O) groups is 1. The van der Waals surface area contributed by atoms with Gasteiger partial charge in [0.15, 0.2) is 0 Å². The van der Waals surface area contributed by atoms with Crippen LogP contribution in [0.2, 0.25) is 0 Å². The van der Waals surface area contributed by atoms with Crippen molar-refractivity contribution in [3.63, 3.8) is 0 Å². The predicted molar refractivity (Wildman–Crippen MR) is 65.0 cm³/mol. The normalized spacial score (nSPS) is 25.1. The van der Waals surface area contributed by atoms with Gasteiger partial charge in [0.1, 0.15) is 5.82 Å². The SMILES string of the molecule is CC(C)c1cnc(C2CCC(C(=O)O)CC2)[nH]1. The van der Waals surface area contributed by atoms with E-state index in [0.29, 0.717) is 11.8 Å². The lowest BCUT2D eigenvalue weighted by Gasteiger charge is -2.24. The summed E-state index contributed by atoms with van der Waals surface area (Å²) < 4.78 is 0. The lowest BCUT2D eigenvalue weighted by Crippen LogP contribution is -2.21. The van der Waals surface area contributed by atoms with E-state index in [1.54, 1.807) is 0 Å². The molecule has 2 N–H and O–H groups in total. The molecule has 0 atom stereocenters.